The van der Waals surface area contributed by atoms with Crippen LogP contribution in [-0.2, 0) is 6.67 Å². The number of halogens is 1. The minimum Gasteiger partial charge on any atom is -0.360 e. The molecule has 0 bridgehead atoms. The Kier molecular flexibility index (Phi) is 5.01. The summed E-state index contributed by atoms with van der Waals surface area (Å²) in [5, 5.41) is 9.24. The van der Waals surface area contributed by atoms with Crippen LogP contribution in [0.25, 0.3) is 5.69 Å². The number of hydrogen-bond acceptors (Lipinski definition) is 4. The maximum absolute atomic E-state index is 6.11. The summed E-state index contributed by atoms with van der Waals surface area (Å²) in [6.45, 7) is 4.74. The minimum absolute atomic E-state index is 0.626. The van der Waals surface area contributed by atoms with Crippen molar-refractivity contribution in [1.82, 2.24) is 19.8 Å². The Bertz CT molecular complexity index is 930. The van der Waals surface area contributed by atoms with Crippen LogP contribution >= 0.6 is 23.8 Å². The van der Waals surface area contributed by atoms with E-state index >= 15 is 0 Å². The normalized spacial score (nSPS) is 15.3. The number of tetrazole rings is 1. The molecule has 4 rings (SSSR count). The second-order valence-electron chi connectivity index (χ2n) is 6.38. The standard InChI is InChI=1S/C18H19ClN6S/c19-15-5-4-8-17(13-15)23-11-9-22(10-12-23)14-24-18(26)25(21-20-24)16-6-2-1-3-7-16/h1-8,13H,9-12,14H2/p+1. The van der Waals surface area contributed by atoms with Gasteiger partial charge in [0.05, 0.1) is 31.9 Å². The molecule has 26 heavy (non-hydrogen) atoms. The van der Waals surface area contributed by atoms with Crippen molar-refractivity contribution in [3.05, 3.63) is 64.4 Å². The van der Waals surface area contributed by atoms with E-state index in [2.05, 4.69) is 21.4 Å². The van der Waals surface area contributed by atoms with Crippen molar-refractivity contribution in [2.45, 2.75) is 6.67 Å². The zero-order chi connectivity index (χ0) is 17.9. The minimum atomic E-state index is 0.626. The van der Waals surface area contributed by atoms with E-state index in [4.69, 9.17) is 23.8 Å². The molecule has 0 unspecified atom stereocenters. The van der Waals surface area contributed by atoms with Gasteiger partial charge in [0.2, 0.25) is 4.77 Å². The van der Waals surface area contributed by atoms with Crippen LogP contribution in [0.5, 0.6) is 0 Å². The Morgan fingerprint density at radius 2 is 1.69 bits per heavy atom. The predicted octanol–water partition coefficient (Wildman–Crippen LogP) is 1.81. The molecule has 0 saturated carbocycles. The summed E-state index contributed by atoms with van der Waals surface area (Å²) in [5.41, 5.74) is 2.12. The van der Waals surface area contributed by atoms with E-state index in [1.807, 2.05) is 53.2 Å². The first-order valence-corrected chi connectivity index (χ1v) is 9.42. The van der Waals surface area contributed by atoms with Crippen molar-refractivity contribution < 1.29 is 4.90 Å². The van der Waals surface area contributed by atoms with Crippen LogP contribution in [0.4, 0.5) is 5.69 Å². The highest BCUT2D eigenvalue weighted by Crippen LogP contribution is 2.19. The zero-order valence-electron chi connectivity index (χ0n) is 14.3. The third-order valence-corrected chi connectivity index (χ3v) is 5.28. The third kappa shape index (κ3) is 3.65. The number of hydrogen-bond donors (Lipinski definition) is 1. The van der Waals surface area contributed by atoms with Crippen LogP contribution < -0.4 is 9.80 Å². The fraction of sp³-hybridized carbons (Fsp3) is 0.278. The van der Waals surface area contributed by atoms with Crippen molar-refractivity contribution >= 4 is 29.5 Å². The van der Waals surface area contributed by atoms with E-state index in [9.17, 15) is 0 Å². The summed E-state index contributed by atoms with van der Waals surface area (Å²) in [5.74, 6) is 0. The Morgan fingerprint density at radius 1 is 0.962 bits per heavy atom. The number of nitrogens with zero attached hydrogens (tertiary/aromatic N) is 5. The maximum atomic E-state index is 6.11. The monoisotopic (exact) mass is 387 g/mol. The molecule has 1 aliphatic heterocycles. The van der Waals surface area contributed by atoms with Gasteiger partial charge in [-0.3, -0.25) is 0 Å². The van der Waals surface area contributed by atoms with Gasteiger partial charge in [-0.25, -0.2) is 0 Å². The summed E-state index contributed by atoms with van der Waals surface area (Å²) in [4.78, 5) is 3.81. The summed E-state index contributed by atoms with van der Waals surface area (Å²) in [6, 6.07) is 17.9. The van der Waals surface area contributed by atoms with Gasteiger partial charge < -0.3 is 9.80 Å². The van der Waals surface area contributed by atoms with Gasteiger partial charge in [-0.2, -0.15) is 9.36 Å². The summed E-state index contributed by atoms with van der Waals surface area (Å²) < 4.78 is 4.14. The van der Waals surface area contributed by atoms with E-state index in [1.54, 1.807) is 4.68 Å². The van der Waals surface area contributed by atoms with E-state index in [-0.39, 0.29) is 0 Å². The molecule has 1 N–H and O–H groups in total. The molecule has 0 atom stereocenters. The molecular weight excluding hydrogens is 368 g/mol. The van der Waals surface area contributed by atoms with Crippen LogP contribution in [0.3, 0.4) is 0 Å². The summed E-state index contributed by atoms with van der Waals surface area (Å²) in [7, 11) is 0. The number of anilines is 1. The molecule has 3 aromatic rings. The van der Waals surface area contributed by atoms with Crippen molar-refractivity contribution in [3.8, 4) is 5.69 Å². The molecule has 1 saturated heterocycles. The predicted molar refractivity (Wildman–Crippen MR) is 105 cm³/mol. The van der Waals surface area contributed by atoms with Gasteiger partial charge in [0.25, 0.3) is 0 Å². The Morgan fingerprint density at radius 3 is 2.42 bits per heavy atom. The first-order valence-electron chi connectivity index (χ1n) is 8.63. The lowest BCUT2D eigenvalue weighted by molar-refractivity contribution is -0.924. The maximum Gasteiger partial charge on any atom is 0.225 e. The van der Waals surface area contributed by atoms with Crippen LogP contribution in [0.1, 0.15) is 0 Å². The third-order valence-electron chi connectivity index (χ3n) is 4.66. The molecule has 0 spiro atoms. The SMILES string of the molecule is S=c1n(C[NH+]2CCN(c3cccc(Cl)c3)CC2)nnn1-c1ccccc1. The van der Waals surface area contributed by atoms with Gasteiger partial charge in [-0.1, -0.05) is 35.9 Å². The molecule has 6 nitrogen and oxygen atoms in total. The van der Waals surface area contributed by atoms with Gasteiger partial charge in [0, 0.05) is 10.7 Å². The highest BCUT2D eigenvalue weighted by molar-refractivity contribution is 7.71. The van der Waals surface area contributed by atoms with Crippen molar-refractivity contribution in [2.24, 2.45) is 0 Å². The van der Waals surface area contributed by atoms with Gasteiger partial charge in [0.1, 0.15) is 0 Å². The highest BCUT2D eigenvalue weighted by Gasteiger charge is 2.21. The molecule has 2 heterocycles. The first kappa shape index (κ1) is 17.2. The molecule has 1 aliphatic rings. The molecule has 1 aromatic heterocycles. The van der Waals surface area contributed by atoms with Crippen molar-refractivity contribution in [3.63, 3.8) is 0 Å². The second kappa shape index (κ2) is 7.57. The molecule has 134 valence electrons. The fourth-order valence-corrected chi connectivity index (χ4v) is 3.66. The summed E-state index contributed by atoms with van der Waals surface area (Å²) in [6.07, 6.45) is 0. The van der Waals surface area contributed by atoms with E-state index in [1.165, 1.54) is 10.6 Å². The average Bonchev–Trinajstić information content (AvgIpc) is 3.03. The molecule has 0 aliphatic carbocycles. The number of rotatable bonds is 4. The number of aromatic nitrogens is 4. The smallest absolute Gasteiger partial charge is 0.225 e. The molecule has 2 aromatic carbocycles. The first-order chi connectivity index (χ1) is 12.7. The Labute approximate surface area is 162 Å². The lowest BCUT2D eigenvalue weighted by Gasteiger charge is -2.33. The summed E-state index contributed by atoms with van der Waals surface area (Å²) >= 11 is 11.7. The quantitative estimate of drug-likeness (QED) is 0.693. The molecule has 1 fully saturated rings. The fourth-order valence-electron chi connectivity index (χ4n) is 3.23. The van der Waals surface area contributed by atoms with Gasteiger partial charge in [0.15, 0.2) is 6.67 Å². The molecular formula is C18H20ClN6S+. The van der Waals surface area contributed by atoms with Crippen molar-refractivity contribution in [1.29, 1.82) is 0 Å². The van der Waals surface area contributed by atoms with Gasteiger partial charge in [-0.15, -0.1) is 0 Å². The Balaban J connectivity index is 1.41. The number of piperazine rings is 1. The number of quaternary nitrogens is 1. The van der Waals surface area contributed by atoms with Crippen LogP contribution in [0.15, 0.2) is 54.6 Å². The molecule has 8 heteroatoms. The van der Waals surface area contributed by atoms with Crippen LogP contribution in [-0.4, -0.2) is 46.0 Å². The van der Waals surface area contributed by atoms with E-state index in [0.717, 1.165) is 43.6 Å². The van der Waals surface area contributed by atoms with Crippen LogP contribution in [0.2, 0.25) is 5.02 Å². The topological polar surface area (TPSA) is 43.3 Å². The zero-order valence-corrected chi connectivity index (χ0v) is 15.8. The molecule has 0 radical (unpaired) electrons. The van der Waals surface area contributed by atoms with Gasteiger partial charge in [-0.05, 0) is 53.0 Å². The second-order valence-corrected chi connectivity index (χ2v) is 7.18. The number of para-hydroxylation sites is 1. The van der Waals surface area contributed by atoms with E-state index < -0.39 is 0 Å². The van der Waals surface area contributed by atoms with Gasteiger partial charge >= 0.3 is 0 Å². The average molecular weight is 388 g/mol. The highest BCUT2D eigenvalue weighted by atomic mass is 35.5. The lowest BCUT2D eigenvalue weighted by atomic mass is 10.2. The molecule has 0 amide bonds. The van der Waals surface area contributed by atoms with E-state index in [0.29, 0.717) is 4.77 Å². The van der Waals surface area contributed by atoms with Crippen molar-refractivity contribution in [2.75, 3.05) is 31.1 Å². The van der Waals surface area contributed by atoms with Crippen LogP contribution in [0, 0.1) is 4.77 Å². The largest absolute Gasteiger partial charge is 0.360 e. The number of benzene rings is 2. The lowest BCUT2D eigenvalue weighted by Crippen LogP contribution is -3.14. The Hall–Kier alpha value is -2.22. The number of nitrogens with one attached hydrogen (secondary N) is 1.